The summed E-state index contributed by atoms with van der Waals surface area (Å²) in [5, 5.41) is 8.60. The molecule has 1 aliphatic heterocycles. The van der Waals surface area contributed by atoms with Crippen LogP contribution in [0, 0.1) is 11.3 Å². The molecular formula is C15H20N2O2. The Morgan fingerprint density at radius 1 is 1.42 bits per heavy atom. The molecule has 1 fully saturated rings. The average Bonchev–Trinajstić information content (AvgIpc) is 2.41. The molecule has 1 atom stereocenters. The van der Waals surface area contributed by atoms with Gasteiger partial charge in [-0.05, 0) is 24.6 Å². The molecule has 1 aromatic carbocycles. The van der Waals surface area contributed by atoms with Crippen molar-refractivity contribution in [3.8, 4) is 11.8 Å². The summed E-state index contributed by atoms with van der Waals surface area (Å²) in [5.74, 6) is 0.864. The van der Waals surface area contributed by atoms with E-state index in [0.29, 0.717) is 19.1 Å². The first-order valence-electron chi connectivity index (χ1n) is 6.70. The largest absolute Gasteiger partial charge is 0.492 e. The zero-order valence-corrected chi connectivity index (χ0v) is 11.3. The van der Waals surface area contributed by atoms with Gasteiger partial charge < -0.3 is 9.47 Å². The first-order chi connectivity index (χ1) is 9.28. The van der Waals surface area contributed by atoms with E-state index in [1.54, 1.807) is 0 Å². The quantitative estimate of drug-likeness (QED) is 0.810. The third-order valence-electron chi connectivity index (χ3n) is 3.21. The van der Waals surface area contributed by atoms with Crippen LogP contribution in [-0.2, 0) is 11.2 Å². The van der Waals surface area contributed by atoms with Gasteiger partial charge in [-0.25, -0.2) is 0 Å². The molecule has 19 heavy (non-hydrogen) atoms. The van der Waals surface area contributed by atoms with E-state index in [2.05, 4.69) is 17.9 Å². The van der Waals surface area contributed by atoms with Crippen LogP contribution in [0.2, 0.25) is 0 Å². The maximum atomic E-state index is 8.60. The predicted octanol–water partition coefficient (Wildman–Crippen LogP) is 1.85. The summed E-state index contributed by atoms with van der Waals surface area (Å²) >= 11 is 0. The van der Waals surface area contributed by atoms with Crippen molar-refractivity contribution in [2.45, 2.75) is 19.4 Å². The van der Waals surface area contributed by atoms with E-state index in [1.165, 1.54) is 0 Å². The van der Waals surface area contributed by atoms with Crippen LogP contribution in [0.25, 0.3) is 0 Å². The van der Waals surface area contributed by atoms with Crippen molar-refractivity contribution in [1.82, 2.24) is 4.90 Å². The highest BCUT2D eigenvalue weighted by Gasteiger charge is 2.15. The third-order valence-corrected chi connectivity index (χ3v) is 3.21. The fourth-order valence-corrected chi connectivity index (χ4v) is 2.18. The molecule has 1 unspecified atom stereocenters. The summed E-state index contributed by atoms with van der Waals surface area (Å²) in [4.78, 5) is 2.36. The second kappa shape index (κ2) is 7.13. The van der Waals surface area contributed by atoms with E-state index in [4.69, 9.17) is 14.7 Å². The summed E-state index contributed by atoms with van der Waals surface area (Å²) < 4.78 is 11.2. The van der Waals surface area contributed by atoms with E-state index in [0.717, 1.165) is 37.6 Å². The Kier molecular flexibility index (Phi) is 5.20. The second-order valence-electron chi connectivity index (χ2n) is 4.81. The second-order valence-corrected chi connectivity index (χ2v) is 4.81. The molecule has 0 radical (unpaired) electrons. The number of morpholine rings is 1. The predicted molar refractivity (Wildman–Crippen MR) is 73.1 cm³/mol. The molecule has 1 heterocycles. The zero-order valence-electron chi connectivity index (χ0n) is 11.3. The van der Waals surface area contributed by atoms with Crippen molar-refractivity contribution >= 4 is 0 Å². The lowest BCUT2D eigenvalue weighted by Crippen LogP contribution is -2.42. The van der Waals surface area contributed by atoms with Gasteiger partial charge in [0.25, 0.3) is 0 Å². The SMILES string of the molecule is CC1CN(CCOc2ccc(CC#N)cc2)CCO1. The number of ether oxygens (including phenoxy) is 2. The van der Waals surface area contributed by atoms with Gasteiger partial charge in [0.05, 0.1) is 25.2 Å². The zero-order chi connectivity index (χ0) is 13.5. The summed E-state index contributed by atoms with van der Waals surface area (Å²) in [6.07, 6.45) is 0.769. The van der Waals surface area contributed by atoms with Crippen LogP contribution in [0.3, 0.4) is 0 Å². The highest BCUT2D eigenvalue weighted by Crippen LogP contribution is 2.12. The minimum Gasteiger partial charge on any atom is -0.492 e. The fourth-order valence-electron chi connectivity index (χ4n) is 2.18. The molecule has 4 heteroatoms. The first-order valence-corrected chi connectivity index (χ1v) is 6.70. The molecule has 0 bridgehead atoms. The summed E-state index contributed by atoms with van der Waals surface area (Å²) in [7, 11) is 0. The highest BCUT2D eigenvalue weighted by atomic mass is 16.5. The number of nitriles is 1. The van der Waals surface area contributed by atoms with Gasteiger partial charge in [-0.3, -0.25) is 4.90 Å². The van der Waals surface area contributed by atoms with Crippen molar-refractivity contribution in [3.05, 3.63) is 29.8 Å². The molecule has 0 aromatic heterocycles. The molecule has 0 amide bonds. The Morgan fingerprint density at radius 2 is 2.21 bits per heavy atom. The lowest BCUT2D eigenvalue weighted by atomic mass is 10.2. The molecule has 0 aliphatic carbocycles. The van der Waals surface area contributed by atoms with Crippen LogP contribution >= 0.6 is 0 Å². The van der Waals surface area contributed by atoms with Crippen LogP contribution in [0.5, 0.6) is 5.75 Å². The lowest BCUT2D eigenvalue weighted by Gasteiger charge is -2.30. The van der Waals surface area contributed by atoms with E-state index in [9.17, 15) is 0 Å². The normalized spacial score (nSPS) is 19.9. The van der Waals surface area contributed by atoms with Crippen molar-refractivity contribution in [1.29, 1.82) is 5.26 Å². The lowest BCUT2D eigenvalue weighted by molar-refractivity contribution is -0.0214. The standard InChI is InChI=1S/C15H20N2O2/c1-13-12-17(8-10-18-13)9-11-19-15-4-2-14(3-5-15)6-7-16/h2-5,13H,6,8-12H2,1H3. The number of benzene rings is 1. The number of hydrogen-bond donors (Lipinski definition) is 0. The van der Waals surface area contributed by atoms with Crippen molar-refractivity contribution in [3.63, 3.8) is 0 Å². The summed E-state index contributed by atoms with van der Waals surface area (Å²) in [6.45, 7) is 6.47. The summed E-state index contributed by atoms with van der Waals surface area (Å²) in [5.41, 5.74) is 1.02. The van der Waals surface area contributed by atoms with Gasteiger partial charge in [0.2, 0.25) is 0 Å². The van der Waals surface area contributed by atoms with Gasteiger partial charge in [0.1, 0.15) is 12.4 Å². The Balaban J connectivity index is 1.71. The molecule has 0 saturated carbocycles. The monoisotopic (exact) mass is 260 g/mol. The molecule has 2 rings (SSSR count). The molecule has 4 nitrogen and oxygen atoms in total. The number of nitrogens with zero attached hydrogens (tertiary/aromatic N) is 2. The van der Waals surface area contributed by atoms with Crippen molar-refractivity contribution in [2.24, 2.45) is 0 Å². The van der Waals surface area contributed by atoms with Crippen molar-refractivity contribution in [2.75, 3.05) is 32.8 Å². The smallest absolute Gasteiger partial charge is 0.119 e. The maximum Gasteiger partial charge on any atom is 0.119 e. The van der Waals surface area contributed by atoms with Gasteiger partial charge in [-0.2, -0.15) is 5.26 Å². The Hall–Kier alpha value is -1.57. The first kappa shape index (κ1) is 13.9. The van der Waals surface area contributed by atoms with Gasteiger partial charge in [0.15, 0.2) is 0 Å². The summed E-state index contributed by atoms with van der Waals surface area (Å²) in [6, 6.07) is 9.86. The Bertz CT molecular complexity index is 425. The number of rotatable bonds is 5. The van der Waals surface area contributed by atoms with Crippen LogP contribution in [0.15, 0.2) is 24.3 Å². The van der Waals surface area contributed by atoms with E-state index in [1.807, 2.05) is 24.3 Å². The van der Waals surface area contributed by atoms with Gasteiger partial charge in [-0.15, -0.1) is 0 Å². The van der Waals surface area contributed by atoms with E-state index in [-0.39, 0.29) is 0 Å². The molecule has 1 aliphatic rings. The molecule has 0 spiro atoms. The van der Waals surface area contributed by atoms with E-state index < -0.39 is 0 Å². The molecule has 0 N–H and O–H groups in total. The molecular weight excluding hydrogens is 240 g/mol. The van der Waals surface area contributed by atoms with Crippen LogP contribution in [0.4, 0.5) is 0 Å². The maximum absolute atomic E-state index is 8.60. The number of hydrogen-bond acceptors (Lipinski definition) is 4. The Morgan fingerprint density at radius 3 is 2.89 bits per heavy atom. The van der Waals surface area contributed by atoms with Gasteiger partial charge >= 0.3 is 0 Å². The highest BCUT2D eigenvalue weighted by molar-refractivity contribution is 5.28. The minimum atomic E-state index is 0.319. The van der Waals surface area contributed by atoms with Gasteiger partial charge in [-0.1, -0.05) is 12.1 Å². The third kappa shape index (κ3) is 4.55. The van der Waals surface area contributed by atoms with Crippen LogP contribution in [0.1, 0.15) is 12.5 Å². The Labute approximate surface area is 114 Å². The van der Waals surface area contributed by atoms with Gasteiger partial charge in [0, 0.05) is 19.6 Å². The molecule has 1 saturated heterocycles. The van der Waals surface area contributed by atoms with Crippen molar-refractivity contribution < 1.29 is 9.47 Å². The van der Waals surface area contributed by atoms with E-state index >= 15 is 0 Å². The molecule has 1 aromatic rings. The fraction of sp³-hybridized carbons (Fsp3) is 0.533. The topological polar surface area (TPSA) is 45.5 Å². The van der Waals surface area contributed by atoms with Crippen LogP contribution in [-0.4, -0.2) is 43.9 Å². The minimum absolute atomic E-state index is 0.319. The average molecular weight is 260 g/mol. The van der Waals surface area contributed by atoms with Crippen LogP contribution < -0.4 is 4.74 Å². The molecule has 102 valence electrons.